The van der Waals surface area contributed by atoms with Crippen LogP contribution in [0.25, 0.3) is 0 Å². The molecule has 0 bridgehead atoms. The molecule has 7 nitrogen and oxygen atoms in total. The normalized spacial score (nSPS) is 19.2. The van der Waals surface area contributed by atoms with E-state index in [9.17, 15) is 9.59 Å². The molecular formula is C19H26N2O5. The molecule has 0 saturated carbocycles. The average molecular weight is 362 g/mol. The van der Waals surface area contributed by atoms with Crippen molar-refractivity contribution in [3.8, 4) is 11.5 Å². The molecule has 3 rings (SSSR count). The highest BCUT2D eigenvalue weighted by molar-refractivity contribution is 5.97. The minimum atomic E-state index is -0.502. The molecule has 2 amide bonds. The van der Waals surface area contributed by atoms with E-state index in [1.54, 1.807) is 23.1 Å². The van der Waals surface area contributed by atoms with E-state index in [1.165, 1.54) is 0 Å². The monoisotopic (exact) mass is 362 g/mol. The molecule has 1 saturated heterocycles. The van der Waals surface area contributed by atoms with Gasteiger partial charge in [-0.05, 0) is 45.2 Å². The van der Waals surface area contributed by atoms with Crippen LogP contribution in [0.2, 0.25) is 0 Å². The number of para-hydroxylation sites is 1. The Bertz CT molecular complexity index is 683. The third-order valence-corrected chi connectivity index (χ3v) is 4.30. The molecule has 1 N–H and O–H groups in total. The fraction of sp³-hybridized carbons (Fsp3) is 0.579. The summed E-state index contributed by atoms with van der Waals surface area (Å²) in [5, 5.41) is 2.95. The van der Waals surface area contributed by atoms with Crippen LogP contribution in [0, 0.1) is 5.92 Å². The molecule has 1 aromatic rings. The van der Waals surface area contributed by atoms with Gasteiger partial charge in [-0.25, -0.2) is 4.79 Å². The minimum absolute atomic E-state index is 0.192. The van der Waals surface area contributed by atoms with Crippen molar-refractivity contribution < 1.29 is 23.8 Å². The van der Waals surface area contributed by atoms with Gasteiger partial charge in [-0.1, -0.05) is 6.07 Å². The molecule has 1 fully saturated rings. The Kier molecular flexibility index (Phi) is 5.25. The maximum Gasteiger partial charge on any atom is 0.410 e. The Balaban J connectivity index is 1.52. The van der Waals surface area contributed by atoms with Gasteiger partial charge in [-0.3, -0.25) is 4.79 Å². The predicted octanol–water partition coefficient (Wildman–Crippen LogP) is 2.44. The van der Waals surface area contributed by atoms with Gasteiger partial charge in [0.05, 0.1) is 5.56 Å². The van der Waals surface area contributed by atoms with Crippen LogP contribution in [-0.2, 0) is 4.74 Å². The minimum Gasteiger partial charge on any atom is -0.486 e. The lowest BCUT2D eigenvalue weighted by Crippen LogP contribution is -2.36. The van der Waals surface area contributed by atoms with Crippen molar-refractivity contribution in [2.45, 2.75) is 32.8 Å². The first-order chi connectivity index (χ1) is 12.3. The first kappa shape index (κ1) is 18.4. The van der Waals surface area contributed by atoms with Gasteiger partial charge in [0.1, 0.15) is 18.8 Å². The number of nitrogens with one attached hydrogen (secondary N) is 1. The number of nitrogens with zero attached hydrogens (tertiary/aromatic N) is 1. The van der Waals surface area contributed by atoms with E-state index in [-0.39, 0.29) is 17.9 Å². The largest absolute Gasteiger partial charge is 0.486 e. The van der Waals surface area contributed by atoms with Crippen LogP contribution in [0.1, 0.15) is 37.6 Å². The number of fused-ring (bicyclic) bond motifs is 1. The zero-order chi connectivity index (χ0) is 18.7. The lowest BCUT2D eigenvalue weighted by Gasteiger charge is -2.24. The van der Waals surface area contributed by atoms with Gasteiger partial charge in [0.2, 0.25) is 0 Å². The molecule has 0 spiro atoms. The van der Waals surface area contributed by atoms with Crippen LogP contribution >= 0.6 is 0 Å². The maximum atomic E-state index is 12.5. The molecule has 1 aromatic carbocycles. The summed E-state index contributed by atoms with van der Waals surface area (Å²) in [4.78, 5) is 26.3. The molecule has 7 heteroatoms. The number of rotatable bonds is 3. The zero-order valence-corrected chi connectivity index (χ0v) is 15.5. The van der Waals surface area contributed by atoms with Gasteiger partial charge in [0.25, 0.3) is 5.91 Å². The van der Waals surface area contributed by atoms with Gasteiger partial charge in [-0.15, -0.1) is 0 Å². The Morgan fingerprint density at radius 3 is 2.81 bits per heavy atom. The lowest BCUT2D eigenvalue weighted by atomic mass is 10.1. The standard InChI is InChI=1S/C19H26N2O5/c1-19(2,3)26-18(23)21-8-7-13(12-21)11-20-17(22)14-5-4-6-15-16(14)25-10-9-24-15/h4-6,13H,7-12H2,1-3H3,(H,20,22)/t13-/m1/s1. The molecule has 1 atom stereocenters. The van der Waals surface area contributed by atoms with Gasteiger partial charge in [0.15, 0.2) is 11.5 Å². The number of ether oxygens (including phenoxy) is 3. The highest BCUT2D eigenvalue weighted by Crippen LogP contribution is 2.33. The summed E-state index contributed by atoms with van der Waals surface area (Å²) in [5.41, 5.74) is -0.0260. The Hall–Kier alpha value is -2.44. The van der Waals surface area contributed by atoms with E-state index < -0.39 is 5.60 Å². The quantitative estimate of drug-likeness (QED) is 0.894. The molecule has 0 aromatic heterocycles. The summed E-state index contributed by atoms with van der Waals surface area (Å²) in [7, 11) is 0. The molecule has 0 aliphatic carbocycles. The SMILES string of the molecule is CC(C)(C)OC(=O)N1CC[C@H](CNC(=O)c2cccc3c2OCCO3)C1. The topological polar surface area (TPSA) is 77.1 Å². The van der Waals surface area contributed by atoms with Crippen LogP contribution in [0.15, 0.2) is 18.2 Å². The summed E-state index contributed by atoms with van der Waals surface area (Å²) < 4.78 is 16.5. The first-order valence-electron chi connectivity index (χ1n) is 8.98. The molecule has 2 aliphatic heterocycles. The van der Waals surface area contributed by atoms with Gasteiger partial charge >= 0.3 is 6.09 Å². The van der Waals surface area contributed by atoms with Crippen molar-refractivity contribution in [1.29, 1.82) is 0 Å². The molecule has 142 valence electrons. The van der Waals surface area contributed by atoms with Gasteiger partial charge in [0, 0.05) is 19.6 Å². The average Bonchev–Trinajstić information content (AvgIpc) is 3.07. The van der Waals surface area contributed by atoms with Crippen LogP contribution in [0.3, 0.4) is 0 Å². The number of carbonyl (C=O) groups is 2. The van der Waals surface area contributed by atoms with Crippen LogP contribution in [0.5, 0.6) is 11.5 Å². The summed E-state index contributed by atoms with van der Waals surface area (Å²) in [6, 6.07) is 5.30. The fourth-order valence-electron chi connectivity index (χ4n) is 3.08. The van der Waals surface area contributed by atoms with Crippen molar-refractivity contribution in [3.05, 3.63) is 23.8 Å². The number of amides is 2. The second-order valence-corrected chi connectivity index (χ2v) is 7.62. The summed E-state index contributed by atoms with van der Waals surface area (Å²) >= 11 is 0. The maximum absolute atomic E-state index is 12.5. The Morgan fingerprint density at radius 1 is 1.27 bits per heavy atom. The highest BCUT2D eigenvalue weighted by atomic mass is 16.6. The van der Waals surface area contributed by atoms with Gasteiger partial charge < -0.3 is 24.4 Å². The van der Waals surface area contributed by atoms with E-state index in [0.717, 1.165) is 6.42 Å². The number of benzene rings is 1. The van der Waals surface area contributed by atoms with E-state index in [4.69, 9.17) is 14.2 Å². The Morgan fingerprint density at radius 2 is 2.04 bits per heavy atom. The van der Waals surface area contributed by atoms with Crippen molar-refractivity contribution >= 4 is 12.0 Å². The molecule has 2 heterocycles. The second-order valence-electron chi connectivity index (χ2n) is 7.62. The lowest BCUT2D eigenvalue weighted by molar-refractivity contribution is 0.0288. The third-order valence-electron chi connectivity index (χ3n) is 4.30. The zero-order valence-electron chi connectivity index (χ0n) is 15.5. The van der Waals surface area contributed by atoms with Gasteiger partial charge in [-0.2, -0.15) is 0 Å². The van der Waals surface area contributed by atoms with Crippen molar-refractivity contribution in [3.63, 3.8) is 0 Å². The number of hydrogen-bond donors (Lipinski definition) is 1. The third kappa shape index (κ3) is 4.39. The number of hydrogen-bond acceptors (Lipinski definition) is 5. The van der Waals surface area contributed by atoms with E-state index in [1.807, 2.05) is 20.8 Å². The van der Waals surface area contributed by atoms with Crippen molar-refractivity contribution in [2.24, 2.45) is 5.92 Å². The second kappa shape index (κ2) is 7.43. The molecule has 0 unspecified atom stereocenters. The van der Waals surface area contributed by atoms with E-state index in [2.05, 4.69) is 5.32 Å². The van der Waals surface area contributed by atoms with Crippen LogP contribution in [-0.4, -0.2) is 55.3 Å². The molecular weight excluding hydrogens is 336 g/mol. The summed E-state index contributed by atoms with van der Waals surface area (Å²) in [6.45, 7) is 8.21. The predicted molar refractivity (Wildman–Crippen MR) is 95.7 cm³/mol. The van der Waals surface area contributed by atoms with E-state index >= 15 is 0 Å². The van der Waals surface area contributed by atoms with Crippen molar-refractivity contribution in [1.82, 2.24) is 10.2 Å². The smallest absolute Gasteiger partial charge is 0.410 e. The van der Waals surface area contributed by atoms with Crippen LogP contribution < -0.4 is 14.8 Å². The molecule has 0 radical (unpaired) electrons. The van der Waals surface area contributed by atoms with E-state index in [0.29, 0.717) is 49.9 Å². The number of likely N-dealkylation sites (tertiary alicyclic amines) is 1. The highest BCUT2D eigenvalue weighted by Gasteiger charge is 2.30. The molecule has 26 heavy (non-hydrogen) atoms. The number of carbonyl (C=O) groups excluding carboxylic acids is 2. The van der Waals surface area contributed by atoms with Crippen LogP contribution in [0.4, 0.5) is 4.79 Å². The van der Waals surface area contributed by atoms with Crippen molar-refractivity contribution in [2.75, 3.05) is 32.8 Å². The summed E-state index contributed by atoms with van der Waals surface area (Å²) in [6.07, 6.45) is 0.542. The fourth-order valence-corrected chi connectivity index (χ4v) is 3.08. The molecule has 2 aliphatic rings. The first-order valence-corrected chi connectivity index (χ1v) is 8.98. The Labute approximate surface area is 153 Å². The summed E-state index contributed by atoms with van der Waals surface area (Å²) in [5.74, 6) is 1.12.